The van der Waals surface area contributed by atoms with Crippen LogP contribution in [0.2, 0.25) is 5.02 Å². The zero-order chi connectivity index (χ0) is 32.6. The number of nitrogens with zero attached hydrogens (tertiary/aromatic N) is 2. The molecular formula is C35H38ClN3O5S. The predicted octanol–water partition coefficient (Wildman–Crippen LogP) is 6.02. The first-order valence-corrected chi connectivity index (χ1v) is 16.4. The number of sulfonamides is 1. The van der Waals surface area contributed by atoms with E-state index < -0.39 is 28.5 Å². The highest BCUT2D eigenvalue weighted by molar-refractivity contribution is 7.92. The Hall–Kier alpha value is -4.34. The van der Waals surface area contributed by atoms with Crippen LogP contribution in [0.4, 0.5) is 5.69 Å². The van der Waals surface area contributed by atoms with Crippen molar-refractivity contribution < 1.29 is 22.7 Å². The molecule has 0 saturated carbocycles. The molecule has 0 saturated heterocycles. The van der Waals surface area contributed by atoms with Crippen LogP contribution in [0.5, 0.6) is 5.75 Å². The molecule has 1 N–H and O–H groups in total. The lowest BCUT2D eigenvalue weighted by Gasteiger charge is -2.34. The SMILES string of the molecule is COc1cccc(CN(C(=O)CN(c2cccc(C)c2)S(=O)(=O)c2ccc(Cl)cc2)[C@H](Cc2ccccc2)C(=O)NC(C)C)c1. The molecular weight excluding hydrogens is 610 g/mol. The van der Waals surface area contributed by atoms with Crippen molar-refractivity contribution in [1.82, 2.24) is 10.2 Å². The van der Waals surface area contributed by atoms with Crippen LogP contribution in [0.3, 0.4) is 0 Å². The van der Waals surface area contributed by atoms with Crippen LogP contribution in [0.1, 0.15) is 30.5 Å². The molecule has 236 valence electrons. The minimum Gasteiger partial charge on any atom is -0.497 e. The number of anilines is 1. The molecule has 0 bridgehead atoms. The monoisotopic (exact) mass is 647 g/mol. The molecule has 0 fully saturated rings. The number of benzene rings is 4. The summed E-state index contributed by atoms with van der Waals surface area (Å²) in [7, 11) is -2.66. The van der Waals surface area contributed by atoms with Crippen molar-refractivity contribution >= 4 is 39.1 Å². The Labute approximate surface area is 270 Å². The number of hydrogen-bond donors (Lipinski definition) is 1. The molecule has 4 aromatic rings. The number of methoxy groups -OCH3 is 1. The van der Waals surface area contributed by atoms with E-state index in [1.54, 1.807) is 43.5 Å². The summed E-state index contributed by atoms with van der Waals surface area (Å²) in [5, 5.41) is 3.34. The van der Waals surface area contributed by atoms with Gasteiger partial charge in [0.2, 0.25) is 11.8 Å². The van der Waals surface area contributed by atoms with Gasteiger partial charge in [-0.05, 0) is 86.0 Å². The minimum atomic E-state index is -4.22. The number of rotatable bonds is 13. The third-order valence-corrected chi connectivity index (χ3v) is 9.20. The molecule has 2 amide bonds. The van der Waals surface area contributed by atoms with Crippen molar-refractivity contribution in [2.75, 3.05) is 18.0 Å². The average molecular weight is 648 g/mol. The molecule has 0 aliphatic heterocycles. The first-order chi connectivity index (χ1) is 21.5. The molecule has 0 aliphatic rings. The Morgan fingerprint density at radius 3 is 2.18 bits per heavy atom. The van der Waals surface area contributed by atoms with Gasteiger partial charge in [-0.15, -0.1) is 0 Å². The van der Waals surface area contributed by atoms with Crippen LogP contribution in [0, 0.1) is 6.92 Å². The lowest BCUT2D eigenvalue weighted by Crippen LogP contribution is -2.54. The fraction of sp³-hybridized carbons (Fsp3) is 0.257. The Balaban J connectivity index is 1.82. The number of hydrogen-bond acceptors (Lipinski definition) is 5. The van der Waals surface area contributed by atoms with Gasteiger partial charge >= 0.3 is 0 Å². The summed E-state index contributed by atoms with van der Waals surface area (Å²) in [6.45, 7) is 5.05. The molecule has 4 aromatic carbocycles. The van der Waals surface area contributed by atoms with Crippen LogP contribution in [-0.4, -0.2) is 50.9 Å². The summed E-state index contributed by atoms with van der Waals surface area (Å²) in [6, 6.07) is 28.3. The second-order valence-electron chi connectivity index (χ2n) is 11.0. The summed E-state index contributed by atoms with van der Waals surface area (Å²) in [6.07, 6.45) is 0.226. The third kappa shape index (κ3) is 8.86. The molecule has 45 heavy (non-hydrogen) atoms. The summed E-state index contributed by atoms with van der Waals surface area (Å²) in [5.41, 5.74) is 2.73. The van der Waals surface area contributed by atoms with Gasteiger partial charge in [0.1, 0.15) is 18.3 Å². The lowest BCUT2D eigenvalue weighted by atomic mass is 10.0. The Kier molecular flexibility index (Phi) is 11.3. The lowest BCUT2D eigenvalue weighted by molar-refractivity contribution is -0.140. The smallest absolute Gasteiger partial charge is 0.264 e. The molecule has 1 atom stereocenters. The summed E-state index contributed by atoms with van der Waals surface area (Å²) < 4.78 is 34.7. The van der Waals surface area contributed by atoms with E-state index in [1.807, 2.05) is 63.2 Å². The molecule has 0 aromatic heterocycles. The maximum Gasteiger partial charge on any atom is 0.264 e. The first-order valence-electron chi connectivity index (χ1n) is 14.6. The van der Waals surface area contributed by atoms with Gasteiger partial charge in [-0.1, -0.05) is 66.2 Å². The van der Waals surface area contributed by atoms with Crippen molar-refractivity contribution in [1.29, 1.82) is 0 Å². The Morgan fingerprint density at radius 2 is 1.53 bits per heavy atom. The van der Waals surface area contributed by atoms with Gasteiger partial charge in [0.15, 0.2) is 0 Å². The quantitative estimate of drug-likeness (QED) is 0.192. The van der Waals surface area contributed by atoms with Crippen LogP contribution >= 0.6 is 11.6 Å². The van der Waals surface area contributed by atoms with Gasteiger partial charge < -0.3 is 15.0 Å². The third-order valence-electron chi connectivity index (χ3n) is 7.16. The van der Waals surface area contributed by atoms with Gasteiger partial charge in [0.25, 0.3) is 10.0 Å². The Morgan fingerprint density at radius 1 is 0.867 bits per heavy atom. The van der Waals surface area contributed by atoms with Crippen LogP contribution < -0.4 is 14.4 Å². The highest BCUT2D eigenvalue weighted by Crippen LogP contribution is 2.27. The Bertz CT molecular complexity index is 1710. The average Bonchev–Trinajstić information content (AvgIpc) is 3.01. The fourth-order valence-corrected chi connectivity index (χ4v) is 6.48. The van der Waals surface area contributed by atoms with E-state index in [0.717, 1.165) is 21.0 Å². The van der Waals surface area contributed by atoms with E-state index in [-0.39, 0.29) is 29.8 Å². The van der Waals surface area contributed by atoms with Crippen LogP contribution in [-0.2, 0) is 32.6 Å². The molecule has 10 heteroatoms. The summed E-state index contributed by atoms with van der Waals surface area (Å²) in [5.74, 6) is -0.290. The normalized spacial score (nSPS) is 12.0. The molecule has 0 spiro atoms. The predicted molar refractivity (Wildman–Crippen MR) is 178 cm³/mol. The van der Waals surface area contributed by atoms with Crippen LogP contribution in [0.25, 0.3) is 0 Å². The number of carbonyl (C=O) groups excluding carboxylic acids is 2. The molecule has 8 nitrogen and oxygen atoms in total. The molecule has 0 heterocycles. The van der Waals surface area contributed by atoms with E-state index in [1.165, 1.54) is 29.2 Å². The molecule has 0 radical (unpaired) electrons. The second kappa shape index (κ2) is 15.1. The standard InChI is InChI=1S/C35H38ClN3O5S/c1-25(2)37-35(41)33(22-27-11-6-5-7-12-27)38(23-28-13-9-15-31(21-28)44-4)34(40)24-39(30-14-8-10-26(3)20-30)45(42,43)32-18-16-29(36)17-19-32/h5-21,25,33H,22-24H2,1-4H3,(H,37,41)/t33-/m1/s1. The topological polar surface area (TPSA) is 96.0 Å². The van der Waals surface area contributed by atoms with Gasteiger partial charge in [-0.2, -0.15) is 0 Å². The number of ether oxygens (including phenoxy) is 1. The van der Waals surface area contributed by atoms with E-state index in [9.17, 15) is 18.0 Å². The van der Waals surface area contributed by atoms with Crippen molar-refractivity contribution in [3.8, 4) is 5.75 Å². The number of amides is 2. The van der Waals surface area contributed by atoms with E-state index in [0.29, 0.717) is 16.5 Å². The van der Waals surface area contributed by atoms with Gasteiger partial charge in [-0.3, -0.25) is 13.9 Å². The van der Waals surface area contributed by atoms with Crippen molar-refractivity contribution in [2.45, 2.75) is 50.7 Å². The maximum absolute atomic E-state index is 14.5. The van der Waals surface area contributed by atoms with E-state index >= 15 is 0 Å². The summed E-state index contributed by atoms with van der Waals surface area (Å²) >= 11 is 6.05. The van der Waals surface area contributed by atoms with Gasteiger partial charge in [0, 0.05) is 24.0 Å². The molecule has 4 rings (SSSR count). The van der Waals surface area contributed by atoms with Crippen molar-refractivity contribution in [2.24, 2.45) is 0 Å². The zero-order valence-electron chi connectivity index (χ0n) is 25.8. The number of aryl methyl sites for hydroxylation is 1. The zero-order valence-corrected chi connectivity index (χ0v) is 27.4. The fourth-order valence-electron chi connectivity index (χ4n) is 4.95. The largest absolute Gasteiger partial charge is 0.497 e. The number of carbonyl (C=O) groups is 2. The summed E-state index contributed by atoms with van der Waals surface area (Å²) in [4.78, 5) is 29.7. The minimum absolute atomic E-state index is 0.0149. The van der Waals surface area contributed by atoms with Crippen molar-refractivity contribution in [3.05, 3.63) is 125 Å². The van der Waals surface area contributed by atoms with Gasteiger partial charge in [0.05, 0.1) is 17.7 Å². The van der Waals surface area contributed by atoms with Gasteiger partial charge in [-0.25, -0.2) is 8.42 Å². The van der Waals surface area contributed by atoms with Crippen molar-refractivity contribution in [3.63, 3.8) is 0 Å². The van der Waals surface area contributed by atoms with E-state index in [4.69, 9.17) is 16.3 Å². The highest BCUT2D eigenvalue weighted by atomic mass is 35.5. The second-order valence-corrected chi connectivity index (χ2v) is 13.3. The highest BCUT2D eigenvalue weighted by Gasteiger charge is 2.35. The number of nitrogens with one attached hydrogen (secondary N) is 1. The first kappa shape index (κ1) is 33.6. The molecule has 0 unspecified atom stereocenters. The van der Waals surface area contributed by atoms with Crippen LogP contribution in [0.15, 0.2) is 108 Å². The maximum atomic E-state index is 14.5. The number of halogens is 1. The molecule has 0 aliphatic carbocycles. The van der Waals surface area contributed by atoms with E-state index in [2.05, 4.69) is 5.32 Å².